The van der Waals surface area contributed by atoms with E-state index in [4.69, 9.17) is 4.74 Å². The van der Waals surface area contributed by atoms with Crippen molar-refractivity contribution in [2.75, 3.05) is 16.2 Å². The molecule has 0 saturated carbocycles. The standard InChI is InChI=1S/C27H27N3O5S2/c1-27(2,3)17-10-13-22-21(14-17)30(37(33,34)19-8-6-5-7-9-19)16-23(35-22)25(31)28-18-11-12-20-24(15-18)36-26(32)29(20)4/h5-15,23H,16H2,1-4H3,(H,28,31)/t23-/m0/s1. The molecular formula is C27H27N3O5S2. The molecule has 10 heteroatoms. The van der Waals surface area contributed by atoms with E-state index >= 15 is 0 Å². The molecule has 0 saturated heterocycles. The van der Waals surface area contributed by atoms with E-state index in [9.17, 15) is 18.0 Å². The Morgan fingerprint density at radius 3 is 2.49 bits per heavy atom. The first-order chi connectivity index (χ1) is 17.4. The molecule has 1 amide bonds. The summed E-state index contributed by atoms with van der Waals surface area (Å²) < 4.78 is 37.0. The van der Waals surface area contributed by atoms with E-state index in [1.807, 2.05) is 32.9 Å². The molecule has 5 rings (SSSR count). The van der Waals surface area contributed by atoms with Gasteiger partial charge in [-0.05, 0) is 53.4 Å². The maximum absolute atomic E-state index is 13.7. The van der Waals surface area contributed by atoms with Gasteiger partial charge < -0.3 is 14.6 Å². The lowest BCUT2D eigenvalue weighted by Gasteiger charge is -2.36. The number of hydrogen-bond donors (Lipinski definition) is 1. The average molecular weight is 538 g/mol. The summed E-state index contributed by atoms with van der Waals surface area (Å²) >= 11 is 1.09. The van der Waals surface area contributed by atoms with Gasteiger partial charge in [0.2, 0.25) is 0 Å². The largest absolute Gasteiger partial charge is 0.476 e. The van der Waals surface area contributed by atoms with Crippen LogP contribution >= 0.6 is 11.3 Å². The first kappa shape index (κ1) is 25.0. The van der Waals surface area contributed by atoms with Crippen LogP contribution in [0.1, 0.15) is 26.3 Å². The summed E-state index contributed by atoms with van der Waals surface area (Å²) in [5.41, 5.74) is 2.39. The third kappa shape index (κ3) is 4.62. The van der Waals surface area contributed by atoms with Gasteiger partial charge in [0.1, 0.15) is 5.75 Å². The zero-order chi connectivity index (χ0) is 26.5. The maximum atomic E-state index is 13.7. The van der Waals surface area contributed by atoms with E-state index in [1.54, 1.807) is 54.1 Å². The molecule has 1 N–H and O–H groups in total. The number of nitrogens with one attached hydrogen (secondary N) is 1. The highest BCUT2D eigenvalue weighted by Crippen LogP contribution is 2.40. The third-order valence-electron chi connectivity index (χ3n) is 6.38. The normalized spacial score (nSPS) is 15.8. The molecule has 0 bridgehead atoms. The minimum atomic E-state index is -3.97. The minimum Gasteiger partial charge on any atom is -0.476 e. The van der Waals surface area contributed by atoms with Crippen molar-refractivity contribution in [2.24, 2.45) is 7.05 Å². The summed E-state index contributed by atoms with van der Waals surface area (Å²) in [5.74, 6) is -0.169. The van der Waals surface area contributed by atoms with Crippen LogP contribution in [0, 0.1) is 0 Å². The van der Waals surface area contributed by atoms with Gasteiger partial charge in [-0.1, -0.05) is 56.4 Å². The molecular weight excluding hydrogens is 510 g/mol. The molecule has 1 atom stereocenters. The molecule has 4 aromatic rings. The number of thiazole rings is 1. The van der Waals surface area contributed by atoms with Crippen LogP contribution < -0.4 is 19.2 Å². The van der Waals surface area contributed by atoms with E-state index in [2.05, 4.69) is 5.32 Å². The smallest absolute Gasteiger partial charge is 0.307 e. The number of carbonyl (C=O) groups excluding carboxylic acids is 1. The van der Waals surface area contributed by atoms with Gasteiger partial charge in [0.25, 0.3) is 15.9 Å². The van der Waals surface area contributed by atoms with Crippen LogP contribution in [-0.2, 0) is 27.3 Å². The molecule has 1 aromatic heterocycles. The summed E-state index contributed by atoms with van der Waals surface area (Å²) in [5, 5.41) is 2.82. The zero-order valence-corrected chi connectivity index (χ0v) is 22.5. The molecule has 1 aliphatic heterocycles. The molecule has 0 unspecified atom stereocenters. The quantitative estimate of drug-likeness (QED) is 0.414. The lowest BCUT2D eigenvalue weighted by atomic mass is 9.86. The van der Waals surface area contributed by atoms with Crippen LogP contribution in [0.5, 0.6) is 5.75 Å². The molecule has 0 radical (unpaired) electrons. The Morgan fingerprint density at radius 1 is 1.05 bits per heavy atom. The number of amides is 1. The Hall–Kier alpha value is -3.63. The number of carbonyl (C=O) groups is 1. The SMILES string of the molecule is Cn1c(=O)sc2cc(NC(=O)[C@@H]3CN(S(=O)(=O)c4ccccc4)c4cc(C(C)(C)C)ccc4O3)ccc21. The number of aromatic nitrogens is 1. The summed E-state index contributed by atoms with van der Waals surface area (Å²) in [4.78, 5) is 25.3. The molecule has 192 valence electrons. The monoisotopic (exact) mass is 537 g/mol. The van der Waals surface area contributed by atoms with Crippen LogP contribution in [-0.4, -0.2) is 31.5 Å². The number of ether oxygens (including phenoxy) is 1. The van der Waals surface area contributed by atoms with Gasteiger partial charge in [-0.3, -0.25) is 13.9 Å². The van der Waals surface area contributed by atoms with Crippen molar-refractivity contribution >= 4 is 48.9 Å². The second-order valence-corrected chi connectivity index (χ2v) is 12.8. The van der Waals surface area contributed by atoms with E-state index in [0.29, 0.717) is 17.1 Å². The minimum absolute atomic E-state index is 0.0953. The van der Waals surface area contributed by atoms with Crippen LogP contribution in [0.15, 0.2) is 76.4 Å². The fourth-order valence-electron chi connectivity index (χ4n) is 4.24. The molecule has 0 fully saturated rings. The van der Waals surface area contributed by atoms with Crippen molar-refractivity contribution in [3.8, 4) is 5.75 Å². The highest BCUT2D eigenvalue weighted by molar-refractivity contribution is 7.92. The lowest BCUT2D eigenvalue weighted by Crippen LogP contribution is -2.49. The first-order valence-corrected chi connectivity index (χ1v) is 14.0. The van der Waals surface area contributed by atoms with Gasteiger partial charge in [0.05, 0.1) is 27.3 Å². The van der Waals surface area contributed by atoms with Gasteiger partial charge in [0.15, 0.2) is 6.10 Å². The fourth-order valence-corrected chi connectivity index (χ4v) is 6.64. The predicted octanol–water partition coefficient (Wildman–Crippen LogP) is 4.49. The van der Waals surface area contributed by atoms with Crippen LogP contribution in [0.3, 0.4) is 0 Å². The second-order valence-electron chi connectivity index (χ2n) is 9.99. The van der Waals surface area contributed by atoms with Crippen molar-refractivity contribution in [3.63, 3.8) is 0 Å². The number of hydrogen-bond acceptors (Lipinski definition) is 6. The zero-order valence-electron chi connectivity index (χ0n) is 20.9. The molecule has 2 heterocycles. The molecule has 1 aliphatic rings. The summed E-state index contributed by atoms with van der Waals surface area (Å²) in [7, 11) is -2.28. The van der Waals surface area contributed by atoms with Gasteiger partial charge in [-0.15, -0.1) is 0 Å². The maximum Gasteiger partial charge on any atom is 0.307 e. The Morgan fingerprint density at radius 2 is 1.78 bits per heavy atom. The Bertz CT molecular complexity index is 1670. The van der Waals surface area contributed by atoms with Gasteiger partial charge >= 0.3 is 4.87 Å². The number of benzene rings is 3. The van der Waals surface area contributed by atoms with E-state index in [1.165, 1.54) is 16.4 Å². The van der Waals surface area contributed by atoms with E-state index in [0.717, 1.165) is 27.1 Å². The molecule has 3 aromatic carbocycles. The lowest BCUT2D eigenvalue weighted by molar-refractivity contribution is -0.122. The highest BCUT2D eigenvalue weighted by Gasteiger charge is 2.38. The third-order valence-corrected chi connectivity index (χ3v) is 9.17. The molecule has 8 nitrogen and oxygen atoms in total. The number of aryl methyl sites for hydroxylation is 1. The Balaban J connectivity index is 1.51. The van der Waals surface area contributed by atoms with Crippen LogP contribution in [0.4, 0.5) is 11.4 Å². The van der Waals surface area contributed by atoms with Gasteiger partial charge in [-0.25, -0.2) is 8.42 Å². The van der Waals surface area contributed by atoms with Crippen LogP contribution in [0.2, 0.25) is 0 Å². The Kier molecular flexibility index (Phi) is 6.12. The second kappa shape index (κ2) is 9.04. The Labute approximate surface area is 219 Å². The van der Waals surface area contributed by atoms with Gasteiger partial charge in [0, 0.05) is 12.7 Å². The number of nitrogens with zero attached hydrogens (tertiary/aromatic N) is 2. The molecule has 0 aliphatic carbocycles. The molecule has 0 spiro atoms. The highest BCUT2D eigenvalue weighted by atomic mass is 32.2. The average Bonchev–Trinajstić information content (AvgIpc) is 3.15. The predicted molar refractivity (Wildman–Crippen MR) is 146 cm³/mol. The van der Waals surface area contributed by atoms with Crippen LogP contribution in [0.25, 0.3) is 10.2 Å². The topological polar surface area (TPSA) is 97.7 Å². The number of fused-ring (bicyclic) bond motifs is 2. The van der Waals surface area contributed by atoms with Gasteiger partial charge in [-0.2, -0.15) is 0 Å². The van der Waals surface area contributed by atoms with Crippen molar-refractivity contribution in [1.82, 2.24) is 4.57 Å². The summed E-state index contributed by atoms with van der Waals surface area (Å²) in [6.45, 7) is 5.95. The first-order valence-electron chi connectivity index (χ1n) is 11.7. The van der Waals surface area contributed by atoms with Crippen molar-refractivity contribution in [3.05, 3.63) is 82.0 Å². The van der Waals surface area contributed by atoms with Crippen molar-refractivity contribution in [2.45, 2.75) is 37.2 Å². The van der Waals surface area contributed by atoms with E-state index in [-0.39, 0.29) is 21.7 Å². The number of rotatable bonds is 4. The number of anilines is 2. The summed E-state index contributed by atoms with van der Waals surface area (Å²) in [6, 6.07) is 18.8. The van der Waals surface area contributed by atoms with Crippen molar-refractivity contribution in [1.29, 1.82) is 0 Å². The molecule has 37 heavy (non-hydrogen) atoms. The van der Waals surface area contributed by atoms with Crippen molar-refractivity contribution < 1.29 is 17.9 Å². The van der Waals surface area contributed by atoms with E-state index < -0.39 is 22.0 Å². The number of sulfonamides is 1. The fraction of sp³-hybridized carbons (Fsp3) is 0.259. The summed E-state index contributed by atoms with van der Waals surface area (Å²) in [6.07, 6.45) is -1.09.